The second kappa shape index (κ2) is 7.48. The molecule has 0 fully saturated rings. The summed E-state index contributed by atoms with van der Waals surface area (Å²) in [4.78, 5) is 13.9. The fourth-order valence-electron chi connectivity index (χ4n) is 2.05. The van der Waals surface area contributed by atoms with Gasteiger partial charge in [-0.25, -0.2) is 0 Å². The lowest BCUT2D eigenvalue weighted by molar-refractivity contribution is -0.130. The Morgan fingerprint density at radius 1 is 0.905 bits per heavy atom. The van der Waals surface area contributed by atoms with Crippen LogP contribution in [0.4, 0.5) is 0 Å². The second-order valence-electron chi connectivity index (χ2n) is 5.00. The van der Waals surface area contributed by atoms with E-state index in [9.17, 15) is 4.79 Å². The summed E-state index contributed by atoms with van der Waals surface area (Å²) in [5.41, 5.74) is 2.19. The third-order valence-corrected chi connectivity index (χ3v) is 3.80. The summed E-state index contributed by atoms with van der Waals surface area (Å²) in [5.74, 6) is 0.125. The number of aryl methyl sites for hydroxylation is 1. The van der Waals surface area contributed by atoms with Gasteiger partial charge in [-0.15, -0.1) is 0 Å². The third-order valence-electron chi connectivity index (χ3n) is 3.30. The predicted octanol–water partition coefficient (Wildman–Crippen LogP) is 4.58. The van der Waals surface area contributed by atoms with Gasteiger partial charge in [0.1, 0.15) is 0 Å². The van der Waals surface area contributed by atoms with Crippen LogP contribution in [0.3, 0.4) is 0 Å². The van der Waals surface area contributed by atoms with E-state index in [2.05, 4.69) is 0 Å². The Kier molecular flexibility index (Phi) is 5.66. The van der Waals surface area contributed by atoms with E-state index in [1.54, 1.807) is 4.90 Å². The van der Waals surface area contributed by atoms with Crippen molar-refractivity contribution >= 4 is 29.1 Å². The van der Waals surface area contributed by atoms with Crippen LogP contribution in [0.5, 0.6) is 0 Å². The molecule has 0 aliphatic heterocycles. The quantitative estimate of drug-likeness (QED) is 0.789. The zero-order chi connectivity index (χ0) is 15.2. The van der Waals surface area contributed by atoms with Crippen LogP contribution in [0.2, 0.25) is 10.0 Å². The van der Waals surface area contributed by atoms with E-state index >= 15 is 0 Å². The van der Waals surface area contributed by atoms with E-state index in [1.165, 1.54) is 0 Å². The average molecular weight is 322 g/mol. The summed E-state index contributed by atoms with van der Waals surface area (Å²) in [5, 5.41) is 1.42. The summed E-state index contributed by atoms with van der Waals surface area (Å²) in [6, 6.07) is 15.1. The molecule has 2 rings (SSSR count). The van der Waals surface area contributed by atoms with Crippen molar-refractivity contribution in [3.8, 4) is 0 Å². The predicted molar refractivity (Wildman–Crippen MR) is 87.7 cm³/mol. The fraction of sp³-hybridized carbons (Fsp3) is 0.235. The molecular weight excluding hydrogens is 305 g/mol. The van der Waals surface area contributed by atoms with Crippen molar-refractivity contribution in [2.75, 3.05) is 7.05 Å². The van der Waals surface area contributed by atoms with Crippen molar-refractivity contribution in [2.24, 2.45) is 0 Å². The molecule has 0 saturated heterocycles. The van der Waals surface area contributed by atoms with Crippen molar-refractivity contribution in [1.29, 1.82) is 0 Å². The maximum absolute atomic E-state index is 12.1. The third kappa shape index (κ3) is 5.07. The van der Waals surface area contributed by atoms with Crippen molar-refractivity contribution in [3.63, 3.8) is 0 Å². The highest BCUT2D eigenvalue weighted by atomic mass is 35.5. The smallest absolute Gasteiger partial charge is 0.222 e. The van der Waals surface area contributed by atoms with Crippen LogP contribution < -0.4 is 0 Å². The normalized spacial score (nSPS) is 10.4. The van der Waals surface area contributed by atoms with Crippen molar-refractivity contribution in [1.82, 2.24) is 4.90 Å². The van der Waals surface area contributed by atoms with Crippen molar-refractivity contribution in [3.05, 3.63) is 69.7 Å². The van der Waals surface area contributed by atoms with Crippen LogP contribution in [-0.4, -0.2) is 17.9 Å². The van der Waals surface area contributed by atoms with E-state index in [4.69, 9.17) is 23.2 Å². The minimum absolute atomic E-state index is 0.125. The zero-order valence-corrected chi connectivity index (χ0v) is 13.4. The van der Waals surface area contributed by atoms with Gasteiger partial charge in [-0.05, 0) is 41.8 Å². The number of halogens is 2. The molecule has 0 saturated carbocycles. The lowest BCUT2D eigenvalue weighted by Crippen LogP contribution is -2.26. The lowest BCUT2D eigenvalue weighted by Gasteiger charge is -2.17. The summed E-state index contributed by atoms with van der Waals surface area (Å²) in [7, 11) is 1.82. The number of amides is 1. The number of rotatable bonds is 5. The van der Waals surface area contributed by atoms with Gasteiger partial charge in [-0.3, -0.25) is 4.79 Å². The Morgan fingerprint density at radius 3 is 1.90 bits per heavy atom. The maximum atomic E-state index is 12.1. The molecule has 0 N–H and O–H groups in total. The molecule has 0 unspecified atom stereocenters. The molecule has 0 bridgehead atoms. The van der Waals surface area contributed by atoms with Crippen LogP contribution in [-0.2, 0) is 17.8 Å². The Balaban J connectivity index is 1.84. The first kappa shape index (κ1) is 15.9. The molecule has 0 heterocycles. The number of benzene rings is 2. The molecule has 2 nitrogen and oxygen atoms in total. The van der Waals surface area contributed by atoms with Gasteiger partial charge < -0.3 is 4.90 Å². The molecule has 0 aliphatic carbocycles. The molecule has 110 valence electrons. The van der Waals surface area contributed by atoms with E-state index in [-0.39, 0.29) is 5.91 Å². The van der Waals surface area contributed by atoms with Crippen LogP contribution in [0, 0.1) is 0 Å². The summed E-state index contributed by atoms with van der Waals surface area (Å²) < 4.78 is 0. The number of carbonyl (C=O) groups is 1. The number of hydrogen-bond donors (Lipinski definition) is 0. The van der Waals surface area contributed by atoms with E-state index in [0.29, 0.717) is 23.0 Å². The molecule has 0 aromatic heterocycles. The van der Waals surface area contributed by atoms with E-state index < -0.39 is 0 Å². The molecule has 2 aromatic rings. The topological polar surface area (TPSA) is 20.3 Å². The molecule has 0 radical (unpaired) electrons. The summed E-state index contributed by atoms with van der Waals surface area (Å²) in [6.45, 7) is 0.594. The zero-order valence-electron chi connectivity index (χ0n) is 11.9. The minimum Gasteiger partial charge on any atom is -0.341 e. The Morgan fingerprint density at radius 2 is 1.38 bits per heavy atom. The maximum Gasteiger partial charge on any atom is 0.222 e. The minimum atomic E-state index is 0.125. The standard InChI is InChI=1S/C17H17Cl2NO/c1-20(12-14-4-9-16(19)10-5-14)17(21)11-6-13-2-7-15(18)8-3-13/h2-5,7-10H,6,11-12H2,1H3. The van der Waals surface area contributed by atoms with Crippen LogP contribution in [0.15, 0.2) is 48.5 Å². The van der Waals surface area contributed by atoms with Gasteiger partial charge in [0.2, 0.25) is 5.91 Å². The van der Waals surface area contributed by atoms with Gasteiger partial charge in [0.25, 0.3) is 0 Å². The fourth-order valence-corrected chi connectivity index (χ4v) is 2.30. The Hall–Kier alpha value is -1.51. The second-order valence-corrected chi connectivity index (χ2v) is 5.88. The van der Waals surface area contributed by atoms with Crippen molar-refractivity contribution < 1.29 is 4.79 Å². The largest absolute Gasteiger partial charge is 0.341 e. The Bertz CT molecular complexity index is 593. The molecule has 21 heavy (non-hydrogen) atoms. The Labute approximate surface area is 135 Å². The molecule has 0 aliphatic rings. The van der Waals surface area contributed by atoms with Gasteiger partial charge >= 0.3 is 0 Å². The van der Waals surface area contributed by atoms with Gasteiger partial charge in [0.15, 0.2) is 0 Å². The highest BCUT2D eigenvalue weighted by Gasteiger charge is 2.09. The molecule has 2 aromatic carbocycles. The van der Waals surface area contributed by atoms with E-state index in [0.717, 1.165) is 17.5 Å². The molecule has 0 spiro atoms. The molecule has 4 heteroatoms. The SMILES string of the molecule is CN(Cc1ccc(Cl)cc1)C(=O)CCc1ccc(Cl)cc1. The van der Waals surface area contributed by atoms with Crippen molar-refractivity contribution in [2.45, 2.75) is 19.4 Å². The van der Waals surface area contributed by atoms with Gasteiger partial charge in [-0.1, -0.05) is 47.5 Å². The average Bonchev–Trinajstić information content (AvgIpc) is 2.48. The number of nitrogens with zero attached hydrogens (tertiary/aromatic N) is 1. The van der Waals surface area contributed by atoms with Crippen LogP contribution >= 0.6 is 23.2 Å². The first-order valence-corrected chi connectivity index (χ1v) is 7.53. The van der Waals surface area contributed by atoms with Gasteiger partial charge in [0.05, 0.1) is 0 Å². The molecule has 0 atom stereocenters. The summed E-state index contributed by atoms with van der Waals surface area (Å²) in [6.07, 6.45) is 1.21. The number of carbonyl (C=O) groups excluding carboxylic acids is 1. The number of hydrogen-bond acceptors (Lipinski definition) is 1. The first-order valence-electron chi connectivity index (χ1n) is 6.77. The van der Waals surface area contributed by atoms with Gasteiger partial charge in [-0.2, -0.15) is 0 Å². The highest BCUT2D eigenvalue weighted by Crippen LogP contribution is 2.13. The van der Waals surface area contributed by atoms with E-state index in [1.807, 2.05) is 55.6 Å². The van der Waals surface area contributed by atoms with Crippen LogP contribution in [0.25, 0.3) is 0 Å². The van der Waals surface area contributed by atoms with Gasteiger partial charge in [0, 0.05) is 30.1 Å². The highest BCUT2D eigenvalue weighted by molar-refractivity contribution is 6.30. The summed E-state index contributed by atoms with van der Waals surface area (Å²) >= 11 is 11.7. The first-order chi connectivity index (χ1) is 10.0. The lowest BCUT2D eigenvalue weighted by atomic mass is 10.1. The van der Waals surface area contributed by atoms with Crippen LogP contribution in [0.1, 0.15) is 17.5 Å². The molecular formula is C17H17Cl2NO. The monoisotopic (exact) mass is 321 g/mol. The molecule has 1 amide bonds.